The van der Waals surface area contributed by atoms with E-state index in [0.29, 0.717) is 18.9 Å². The van der Waals surface area contributed by atoms with Crippen LogP contribution >= 0.6 is 0 Å². The summed E-state index contributed by atoms with van der Waals surface area (Å²) in [6.07, 6.45) is 2.30. The van der Waals surface area contributed by atoms with E-state index >= 15 is 0 Å². The zero-order chi connectivity index (χ0) is 18.7. The molecule has 138 valence electrons. The average molecular weight is 346 g/mol. The Labute approximate surface area is 152 Å². The van der Waals surface area contributed by atoms with E-state index < -0.39 is 0 Å². The van der Waals surface area contributed by atoms with E-state index in [0.717, 1.165) is 18.3 Å². The number of hydrogen-bond donors (Lipinski definition) is 0. The van der Waals surface area contributed by atoms with Crippen molar-refractivity contribution < 1.29 is 18.8 Å². The largest absolute Gasteiger partial charge is 0.494 e. The van der Waals surface area contributed by atoms with E-state index in [2.05, 4.69) is 58.9 Å². The summed E-state index contributed by atoms with van der Waals surface area (Å²) < 4.78 is 17.2. The maximum atomic E-state index is 11.4. The summed E-state index contributed by atoms with van der Waals surface area (Å²) >= 11 is 0. The van der Waals surface area contributed by atoms with Crippen molar-refractivity contribution in [1.29, 1.82) is 0 Å². The third-order valence-electron chi connectivity index (χ3n) is 5.35. The van der Waals surface area contributed by atoms with Gasteiger partial charge < -0.3 is 14.0 Å². The molecule has 4 nitrogen and oxygen atoms in total. The molecule has 25 heavy (non-hydrogen) atoms. The molecular formula is C20H31BO4. The summed E-state index contributed by atoms with van der Waals surface area (Å²) in [5.41, 5.74) is 1.67. The normalized spacial score (nSPS) is 19.7. The Morgan fingerprint density at radius 3 is 2.20 bits per heavy atom. The topological polar surface area (TPSA) is 44.8 Å². The van der Waals surface area contributed by atoms with Crippen LogP contribution in [0.3, 0.4) is 0 Å². The van der Waals surface area contributed by atoms with Crippen LogP contribution in [-0.2, 0) is 18.8 Å². The predicted octanol–water partition coefficient (Wildman–Crippen LogP) is 3.82. The van der Waals surface area contributed by atoms with Gasteiger partial charge in [-0.15, -0.1) is 0 Å². The number of carbonyl (C=O) groups excluding carboxylic acids is 1. The van der Waals surface area contributed by atoms with Crippen LogP contribution in [-0.4, -0.2) is 30.9 Å². The van der Waals surface area contributed by atoms with Gasteiger partial charge in [-0.05, 0) is 64.4 Å². The van der Waals surface area contributed by atoms with Crippen LogP contribution in [0, 0.1) is 0 Å². The second kappa shape index (κ2) is 7.92. The van der Waals surface area contributed by atoms with Crippen LogP contribution in [0.1, 0.15) is 72.3 Å². The van der Waals surface area contributed by atoms with Gasteiger partial charge >= 0.3 is 13.1 Å². The summed E-state index contributed by atoms with van der Waals surface area (Å²) in [6.45, 7) is 12.7. The van der Waals surface area contributed by atoms with Crippen molar-refractivity contribution in [3.8, 4) is 0 Å². The molecule has 0 N–H and O–H groups in total. The molecule has 0 aromatic heterocycles. The van der Waals surface area contributed by atoms with Crippen molar-refractivity contribution in [3.05, 3.63) is 29.8 Å². The second-order valence-electron chi connectivity index (χ2n) is 7.85. The first-order valence-electron chi connectivity index (χ1n) is 9.27. The van der Waals surface area contributed by atoms with E-state index in [1.54, 1.807) is 0 Å². The molecule has 1 saturated heterocycles. The fourth-order valence-electron chi connectivity index (χ4n) is 2.91. The van der Waals surface area contributed by atoms with Crippen molar-refractivity contribution in [2.45, 2.75) is 77.9 Å². The van der Waals surface area contributed by atoms with E-state index in [1.807, 2.05) is 6.92 Å². The Kier molecular flexibility index (Phi) is 6.33. The number of ether oxygens (including phenoxy) is 1. The minimum absolute atomic E-state index is 0.106. The summed E-state index contributed by atoms with van der Waals surface area (Å²) in [5, 5.41) is 0. The Balaban J connectivity index is 1.91. The molecule has 5 heteroatoms. The maximum absolute atomic E-state index is 11.4. The van der Waals surface area contributed by atoms with Gasteiger partial charge in [-0.25, -0.2) is 0 Å². The number of carbonyl (C=O) groups is 1. The van der Waals surface area contributed by atoms with Gasteiger partial charge in [0, 0.05) is 6.42 Å². The van der Waals surface area contributed by atoms with Gasteiger partial charge in [0.1, 0.15) is 0 Å². The molecule has 1 aliphatic heterocycles. The first-order chi connectivity index (χ1) is 11.7. The number of esters is 1. The molecule has 1 atom stereocenters. The molecule has 1 aliphatic rings. The molecule has 0 amide bonds. The minimum atomic E-state index is -0.323. The van der Waals surface area contributed by atoms with Crippen molar-refractivity contribution >= 4 is 18.6 Å². The van der Waals surface area contributed by atoms with Gasteiger partial charge in [-0.2, -0.15) is 0 Å². The van der Waals surface area contributed by atoms with Crippen LogP contribution in [0.4, 0.5) is 0 Å². The van der Waals surface area contributed by atoms with Crippen molar-refractivity contribution in [3.63, 3.8) is 0 Å². The summed E-state index contributed by atoms with van der Waals surface area (Å²) in [4.78, 5) is 11.4. The fraction of sp³-hybridized carbons (Fsp3) is 0.650. The van der Waals surface area contributed by atoms with Gasteiger partial charge in [0.15, 0.2) is 0 Å². The van der Waals surface area contributed by atoms with Crippen LogP contribution in [0.15, 0.2) is 24.3 Å². The Morgan fingerprint density at radius 2 is 1.68 bits per heavy atom. The van der Waals surface area contributed by atoms with Crippen molar-refractivity contribution in [2.75, 3.05) is 6.61 Å². The third-order valence-corrected chi connectivity index (χ3v) is 5.35. The first-order valence-corrected chi connectivity index (χ1v) is 9.27. The highest BCUT2D eigenvalue weighted by Crippen LogP contribution is 2.36. The molecule has 2 rings (SSSR count). The molecule has 0 radical (unpaired) electrons. The summed E-state index contributed by atoms with van der Waals surface area (Å²) in [6, 6.07) is 8.43. The molecule has 1 unspecified atom stereocenters. The lowest BCUT2D eigenvalue weighted by Crippen LogP contribution is -2.41. The number of benzene rings is 1. The molecule has 0 bridgehead atoms. The Bertz CT molecular complexity index is 564. The lowest BCUT2D eigenvalue weighted by atomic mass is 9.78. The number of hydrogen-bond acceptors (Lipinski definition) is 4. The number of rotatable bonds is 7. The quantitative estimate of drug-likeness (QED) is 0.556. The smallest absolute Gasteiger partial charge is 0.466 e. The molecule has 0 aliphatic carbocycles. The summed E-state index contributed by atoms with van der Waals surface area (Å²) in [7, 11) is -0.321. The van der Waals surface area contributed by atoms with Gasteiger partial charge in [0.25, 0.3) is 0 Å². The standard InChI is InChI=1S/C20H31BO4/c1-7-23-18(22)10-8-9-15(2)16-11-13-17(14-12-16)21-24-19(3,4)20(5,6)25-21/h11-15H,7-10H2,1-6H3. The Hall–Kier alpha value is -1.33. The predicted molar refractivity (Wildman–Crippen MR) is 101 cm³/mol. The highest BCUT2D eigenvalue weighted by atomic mass is 16.7. The van der Waals surface area contributed by atoms with Gasteiger partial charge in [-0.3, -0.25) is 4.79 Å². The first kappa shape index (κ1) is 20.0. The van der Waals surface area contributed by atoms with Crippen LogP contribution in [0.25, 0.3) is 0 Å². The van der Waals surface area contributed by atoms with Crippen molar-refractivity contribution in [1.82, 2.24) is 0 Å². The lowest BCUT2D eigenvalue weighted by Gasteiger charge is -2.32. The SMILES string of the molecule is CCOC(=O)CCCC(C)c1ccc(B2OC(C)(C)C(C)(C)O2)cc1. The highest BCUT2D eigenvalue weighted by Gasteiger charge is 2.51. The van der Waals surface area contributed by atoms with Gasteiger partial charge in [0.05, 0.1) is 17.8 Å². The monoisotopic (exact) mass is 346 g/mol. The average Bonchev–Trinajstić information content (AvgIpc) is 2.76. The minimum Gasteiger partial charge on any atom is -0.466 e. The second-order valence-corrected chi connectivity index (χ2v) is 7.85. The van der Waals surface area contributed by atoms with Crippen molar-refractivity contribution in [2.24, 2.45) is 0 Å². The van der Waals surface area contributed by atoms with E-state index in [-0.39, 0.29) is 24.3 Å². The molecule has 1 aromatic rings. The van der Waals surface area contributed by atoms with Crippen LogP contribution < -0.4 is 5.46 Å². The zero-order valence-electron chi connectivity index (χ0n) is 16.4. The highest BCUT2D eigenvalue weighted by molar-refractivity contribution is 6.62. The third kappa shape index (κ3) is 4.86. The van der Waals surface area contributed by atoms with Gasteiger partial charge in [-0.1, -0.05) is 31.2 Å². The van der Waals surface area contributed by atoms with E-state index in [1.165, 1.54) is 5.56 Å². The Morgan fingerprint density at radius 1 is 1.12 bits per heavy atom. The molecule has 1 aromatic carbocycles. The fourth-order valence-corrected chi connectivity index (χ4v) is 2.91. The molecule has 0 spiro atoms. The maximum Gasteiger partial charge on any atom is 0.494 e. The van der Waals surface area contributed by atoms with E-state index in [9.17, 15) is 4.79 Å². The lowest BCUT2D eigenvalue weighted by molar-refractivity contribution is -0.143. The van der Waals surface area contributed by atoms with E-state index in [4.69, 9.17) is 14.0 Å². The van der Waals surface area contributed by atoms with Crippen LogP contribution in [0.2, 0.25) is 0 Å². The molecule has 1 heterocycles. The van der Waals surface area contributed by atoms with Gasteiger partial charge in [0.2, 0.25) is 0 Å². The molecule has 0 saturated carbocycles. The molecule has 1 fully saturated rings. The zero-order valence-corrected chi connectivity index (χ0v) is 16.4. The molecular weight excluding hydrogens is 315 g/mol. The summed E-state index contributed by atoms with van der Waals surface area (Å²) in [5.74, 6) is 0.299. The van der Waals surface area contributed by atoms with Crippen LogP contribution in [0.5, 0.6) is 0 Å².